The molecule has 2 heterocycles. The molecule has 0 fully saturated rings. The second-order valence-electron chi connectivity index (χ2n) is 5.36. The summed E-state index contributed by atoms with van der Waals surface area (Å²) in [4.78, 5) is 26.0. The first-order chi connectivity index (χ1) is 11.2. The minimum absolute atomic E-state index is 0.234. The summed E-state index contributed by atoms with van der Waals surface area (Å²) < 4.78 is 1.76. The van der Waals surface area contributed by atoms with E-state index in [0.717, 1.165) is 11.3 Å². The predicted molar refractivity (Wildman–Crippen MR) is 84.2 cm³/mol. The van der Waals surface area contributed by atoms with E-state index in [0.29, 0.717) is 11.1 Å². The van der Waals surface area contributed by atoms with Crippen LogP contribution < -0.4 is 0 Å². The number of hydrogen-bond donors (Lipinski definition) is 0. The Labute approximate surface area is 132 Å². The van der Waals surface area contributed by atoms with Gasteiger partial charge in [0.2, 0.25) is 0 Å². The van der Waals surface area contributed by atoms with E-state index in [-0.39, 0.29) is 18.4 Å². The molecule has 0 radical (unpaired) electrons. The molecule has 1 aliphatic heterocycles. The monoisotopic (exact) mass is 303 g/mol. The van der Waals surface area contributed by atoms with Gasteiger partial charge in [-0.3, -0.25) is 14.5 Å². The Morgan fingerprint density at radius 2 is 1.48 bits per heavy atom. The number of rotatable bonds is 3. The van der Waals surface area contributed by atoms with Crippen LogP contribution in [-0.2, 0) is 6.54 Å². The van der Waals surface area contributed by atoms with Gasteiger partial charge < -0.3 is 0 Å². The zero-order valence-electron chi connectivity index (χ0n) is 12.2. The summed E-state index contributed by atoms with van der Waals surface area (Å²) in [5.41, 5.74) is 2.79. The molecule has 3 aromatic rings. The summed E-state index contributed by atoms with van der Waals surface area (Å²) in [6.45, 7) is 0.270. The number of hydrogen-bond acceptors (Lipinski definition) is 3. The van der Waals surface area contributed by atoms with Gasteiger partial charge in [-0.1, -0.05) is 24.3 Å². The van der Waals surface area contributed by atoms with Crippen molar-refractivity contribution in [2.75, 3.05) is 0 Å². The number of carbonyl (C=O) groups excluding carboxylic acids is 2. The van der Waals surface area contributed by atoms with E-state index in [1.807, 2.05) is 36.5 Å². The molecule has 0 spiro atoms. The molecule has 0 atom stereocenters. The number of benzene rings is 2. The topological polar surface area (TPSA) is 55.2 Å². The fraction of sp³-hybridized carbons (Fsp3) is 0.0556. The normalized spacial score (nSPS) is 13.5. The lowest BCUT2D eigenvalue weighted by Crippen LogP contribution is -2.29. The highest BCUT2D eigenvalue weighted by atomic mass is 16.2. The molecule has 1 aliphatic rings. The molecule has 2 amide bonds. The van der Waals surface area contributed by atoms with Gasteiger partial charge in [0.1, 0.15) is 0 Å². The van der Waals surface area contributed by atoms with Crippen LogP contribution in [-0.4, -0.2) is 26.5 Å². The van der Waals surface area contributed by atoms with Crippen LogP contribution in [0, 0.1) is 0 Å². The van der Waals surface area contributed by atoms with Gasteiger partial charge in [-0.2, -0.15) is 5.10 Å². The number of fused-ring (bicyclic) bond motifs is 1. The van der Waals surface area contributed by atoms with Crippen molar-refractivity contribution in [3.05, 3.63) is 83.7 Å². The average molecular weight is 303 g/mol. The van der Waals surface area contributed by atoms with Crippen molar-refractivity contribution in [3.63, 3.8) is 0 Å². The smallest absolute Gasteiger partial charge is 0.261 e. The van der Waals surface area contributed by atoms with Gasteiger partial charge in [0.05, 0.1) is 23.4 Å². The van der Waals surface area contributed by atoms with Gasteiger partial charge in [0.15, 0.2) is 0 Å². The van der Waals surface area contributed by atoms with Crippen molar-refractivity contribution in [3.8, 4) is 5.69 Å². The largest absolute Gasteiger partial charge is 0.270 e. The number of aromatic nitrogens is 2. The van der Waals surface area contributed by atoms with Crippen LogP contribution >= 0.6 is 0 Å². The zero-order chi connectivity index (χ0) is 15.8. The second kappa shape index (κ2) is 5.21. The van der Waals surface area contributed by atoms with Crippen LogP contribution in [0.3, 0.4) is 0 Å². The summed E-state index contributed by atoms with van der Waals surface area (Å²) in [7, 11) is 0. The molecule has 0 N–H and O–H groups in total. The molecule has 112 valence electrons. The van der Waals surface area contributed by atoms with E-state index in [2.05, 4.69) is 5.10 Å². The van der Waals surface area contributed by atoms with Crippen molar-refractivity contribution in [2.24, 2.45) is 0 Å². The number of imide groups is 1. The van der Waals surface area contributed by atoms with Crippen LogP contribution in [0.15, 0.2) is 67.0 Å². The molecule has 0 aliphatic carbocycles. The third kappa shape index (κ3) is 2.23. The van der Waals surface area contributed by atoms with Crippen LogP contribution in [0.5, 0.6) is 0 Å². The molecular formula is C18H13N3O2. The molecule has 2 aromatic carbocycles. The third-order valence-electron chi connectivity index (χ3n) is 3.92. The summed E-state index contributed by atoms with van der Waals surface area (Å²) in [6, 6.07) is 16.4. The Morgan fingerprint density at radius 3 is 2.04 bits per heavy atom. The first-order valence-electron chi connectivity index (χ1n) is 7.28. The van der Waals surface area contributed by atoms with E-state index >= 15 is 0 Å². The first kappa shape index (κ1) is 13.5. The third-order valence-corrected chi connectivity index (χ3v) is 3.92. The fourth-order valence-corrected chi connectivity index (χ4v) is 2.74. The molecule has 0 bridgehead atoms. The Hall–Kier alpha value is -3.21. The molecule has 4 rings (SSSR count). The Balaban J connectivity index is 1.57. The second-order valence-corrected chi connectivity index (χ2v) is 5.36. The van der Waals surface area contributed by atoms with Crippen molar-refractivity contribution < 1.29 is 9.59 Å². The number of carbonyl (C=O) groups is 2. The molecule has 0 unspecified atom stereocenters. The first-order valence-corrected chi connectivity index (χ1v) is 7.28. The summed E-state index contributed by atoms with van der Waals surface area (Å²) in [6.07, 6.45) is 3.58. The molecular weight excluding hydrogens is 290 g/mol. The number of nitrogens with zero attached hydrogens (tertiary/aromatic N) is 3. The lowest BCUT2D eigenvalue weighted by atomic mass is 10.1. The summed E-state index contributed by atoms with van der Waals surface area (Å²) in [5.74, 6) is -0.469. The van der Waals surface area contributed by atoms with Gasteiger partial charge in [-0.15, -0.1) is 0 Å². The zero-order valence-corrected chi connectivity index (χ0v) is 12.2. The number of amides is 2. The summed E-state index contributed by atoms with van der Waals surface area (Å²) >= 11 is 0. The van der Waals surface area contributed by atoms with Crippen LogP contribution in [0.4, 0.5) is 0 Å². The maximum absolute atomic E-state index is 12.4. The van der Waals surface area contributed by atoms with Crippen molar-refractivity contribution in [1.29, 1.82) is 0 Å². The van der Waals surface area contributed by atoms with Crippen molar-refractivity contribution >= 4 is 11.8 Å². The highest BCUT2D eigenvalue weighted by Crippen LogP contribution is 2.24. The van der Waals surface area contributed by atoms with E-state index in [4.69, 9.17) is 0 Å². The van der Waals surface area contributed by atoms with Gasteiger partial charge in [-0.25, -0.2) is 4.68 Å². The average Bonchev–Trinajstić information content (AvgIpc) is 3.20. The van der Waals surface area contributed by atoms with Crippen LogP contribution in [0.1, 0.15) is 26.3 Å². The fourth-order valence-electron chi connectivity index (χ4n) is 2.74. The lowest BCUT2D eigenvalue weighted by Gasteiger charge is -2.14. The van der Waals surface area contributed by atoms with Gasteiger partial charge in [0, 0.05) is 12.4 Å². The van der Waals surface area contributed by atoms with Gasteiger partial charge >= 0.3 is 0 Å². The highest BCUT2D eigenvalue weighted by Gasteiger charge is 2.34. The highest BCUT2D eigenvalue weighted by molar-refractivity contribution is 6.21. The van der Waals surface area contributed by atoms with E-state index in [1.54, 1.807) is 35.1 Å². The predicted octanol–water partition coefficient (Wildman–Crippen LogP) is 2.67. The van der Waals surface area contributed by atoms with E-state index in [9.17, 15) is 9.59 Å². The van der Waals surface area contributed by atoms with Gasteiger partial charge in [-0.05, 0) is 35.9 Å². The van der Waals surface area contributed by atoms with E-state index < -0.39 is 0 Å². The molecule has 23 heavy (non-hydrogen) atoms. The summed E-state index contributed by atoms with van der Waals surface area (Å²) in [5, 5.41) is 4.17. The minimum Gasteiger partial charge on any atom is -0.270 e. The Morgan fingerprint density at radius 1 is 0.826 bits per heavy atom. The lowest BCUT2D eigenvalue weighted by molar-refractivity contribution is 0.0642. The quantitative estimate of drug-likeness (QED) is 0.699. The maximum atomic E-state index is 12.4. The Kier molecular flexibility index (Phi) is 3.05. The van der Waals surface area contributed by atoms with Crippen LogP contribution in [0.2, 0.25) is 0 Å². The minimum atomic E-state index is -0.234. The molecule has 1 aromatic heterocycles. The van der Waals surface area contributed by atoms with Crippen molar-refractivity contribution in [1.82, 2.24) is 14.7 Å². The Bertz CT molecular complexity index is 848. The standard InChI is InChI=1S/C18H13N3O2/c22-17-15-4-1-2-5-16(15)18(23)20(17)12-13-6-8-14(9-7-13)21-11-3-10-19-21/h1-11H,12H2. The van der Waals surface area contributed by atoms with Crippen molar-refractivity contribution in [2.45, 2.75) is 6.54 Å². The maximum Gasteiger partial charge on any atom is 0.261 e. The van der Waals surface area contributed by atoms with Gasteiger partial charge in [0.25, 0.3) is 11.8 Å². The molecule has 5 heteroatoms. The molecule has 5 nitrogen and oxygen atoms in total. The van der Waals surface area contributed by atoms with E-state index in [1.165, 1.54) is 4.90 Å². The molecule has 0 saturated heterocycles. The van der Waals surface area contributed by atoms with Crippen LogP contribution in [0.25, 0.3) is 5.69 Å². The molecule has 0 saturated carbocycles. The SMILES string of the molecule is O=C1c2ccccc2C(=O)N1Cc1ccc(-n2cccn2)cc1.